The lowest BCUT2D eigenvalue weighted by Gasteiger charge is -2.17. The van der Waals surface area contributed by atoms with Gasteiger partial charge in [0.2, 0.25) is 5.82 Å². The van der Waals surface area contributed by atoms with Gasteiger partial charge in [-0.05, 0) is 17.9 Å². The Hall–Kier alpha value is -1.67. The van der Waals surface area contributed by atoms with Crippen LogP contribution in [-0.2, 0) is 0 Å². The molecular formula is C11H13N5. The van der Waals surface area contributed by atoms with E-state index in [9.17, 15) is 0 Å². The van der Waals surface area contributed by atoms with E-state index in [1.807, 2.05) is 12.1 Å². The van der Waals surface area contributed by atoms with Crippen molar-refractivity contribution in [1.29, 1.82) is 5.26 Å². The Morgan fingerprint density at radius 1 is 1.38 bits per heavy atom. The minimum absolute atomic E-state index is 0.257. The van der Waals surface area contributed by atoms with Gasteiger partial charge in [0.25, 0.3) is 0 Å². The molecule has 3 rings (SSSR count). The number of nitriles is 1. The zero-order valence-electron chi connectivity index (χ0n) is 8.93. The molecule has 2 fully saturated rings. The molecule has 3 heterocycles. The van der Waals surface area contributed by atoms with Crippen LogP contribution in [0, 0.1) is 23.2 Å². The molecule has 0 aromatic carbocycles. The Bertz CT molecular complexity index is 426. The van der Waals surface area contributed by atoms with Crippen LogP contribution in [0.5, 0.6) is 0 Å². The van der Waals surface area contributed by atoms with Crippen LogP contribution in [0.15, 0.2) is 12.3 Å². The number of anilines is 1. The first-order chi connectivity index (χ1) is 7.86. The summed E-state index contributed by atoms with van der Waals surface area (Å²) < 4.78 is 0. The summed E-state index contributed by atoms with van der Waals surface area (Å²) in [6.07, 6.45) is 1.66. The predicted octanol–water partition coefficient (Wildman–Crippen LogP) is 0.00388. The van der Waals surface area contributed by atoms with Crippen molar-refractivity contribution in [2.24, 2.45) is 11.8 Å². The van der Waals surface area contributed by atoms with Crippen LogP contribution in [0.3, 0.4) is 0 Å². The van der Waals surface area contributed by atoms with E-state index in [-0.39, 0.29) is 5.82 Å². The molecular weight excluding hydrogens is 202 g/mol. The molecule has 0 unspecified atom stereocenters. The maximum Gasteiger partial charge on any atom is 0.234 e. The van der Waals surface area contributed by atoms with Gasteiger partial charge in [-0.3, -0.25) is 0 Å². The van der Waals surface area contributed by atoms with Crippen molar-refractivity contribution in [1.82, 2.24) is 15.3 Å². The van der Waals surface area contributed by atoms with E-state index in [0.717, 1.165) is 43.8 Å². The van der Waals surface area contributed by atoms with Gasteiger partial charge in [0.1, 0.15) is 11.9 Å². The van der Waals surface area contributed by atoms with Gasteiger partial charge in [0.15, 0.2) is 0 Å². The third kappa shape index (κ3) is 1.51. The van der Waals surface area contributed by atoms with Crippen molar-refractivity contribution in [3.05, 3.63) is 18.1 Å². The van der Waals surface area contributed by atoms with Crippen LogP contribution < -0.4 is 10.2 Å². The second-order valence-electron chi connectivity index (χ2n) is 4.43. The summed E-state index contributed by atoms with van der Waals surface area (Å²) >= 11 is 0. The zero-order chi connectivity index (χ0) is 11.0. The summed E-state index contributed by atoms with van der Waals surface area (Å²) in [6.45, 7) is 4.30. The fraction of sp³-hybridized carbons (Fsp3) is 0.545. The smallest absolute Gasteiger partial charge is 0.234 e. The van der Waals surface area contributed by atoms with Gasteiger partial charge in [0.05, 0.1) is 0 Å². The monoisotopic (exact) mass is 215 g/mol. The zero-order valence-corrected chi connectivity index (χ0v) is 8.93. The number of nitrogens with zero attached hydrogens (tertiary/aromatic N) is 4. The van der Waals surface area contributed by atoms with Crippen LogP contribution in [0.4, 0.5) is 5.82 Å². The summed E-state index contributed by atoms with van der Waals surface area (Å²) in [5.74, 6) is 2.62. The lowest BCUT2D eigenvalue weighted by Crippen LogP contribution is -2.26. The van der Waals surface area contributed by atoms with E-state index in [2.05, 4.69) is 20.2 Å². The second kappa shape index (κ2) is 3.72. The van der Waals surface area contributed by atoms with Crippen molar-refractivity contribution < 1.29 is 0 Å². The fourth-order valence-corrected chi connectivity index (χ4v) is 2.62. The highest BCUT2D eigenvalue weighted by Crippen LogP contribution is 2.29. The third-order valence-electron chi connectivity index (χ3n) is 3.45. The van der Waals surface area contributed by atoms with E-state index in [0.29, 0.717) is 0 Å². The maximum absolute atomic E-state index is 8.76. The van der Waals surface area contributed by atoms with Crippen molar-refractivity contribution in [2.75, 3.05) is 31.1 Å². The normalized spacial score (nSPS) is 27.8. The average Bonchev–Trinajstić information content (AvgIpc) is 2.89. The van der Waals surface area contributed by atoms with Gasteiger partial charge in [-0.2, -0.15) is 5.26 Å². The van der Waals surface area contributed by atoms with E-state index in [1.54, 1.807) is 6.20 Å². The molecule has 1 aromatic rings. The molecule has 2 atom stereocenters. The van der Waals surface area contributed by atoms with Crippen LogP contribution in [-0.4, -0.2) is 36.1 Å². The quantitative estimate of drug-likeness (QED) is 0.714. The summed E-state index contributed by atoms with van der Waals surface area (Å²) in [4.78, 5) is 10.4. The highest BCUT2D eigenvalue weighted by Gasteiger charge is 2.36. The highest BCUT2D eigenvalue weighted by molar-refractivity contribution is 5.41. The number of nitrogens with one attached hydrogen (secondary N) is 1. The van der Waals surface area contributed by atoms with E-state index >= 15 is 0 Å². The summed E-state index contributed by atoms with van der Waals surface area (Å²) in [5, 5.41) is 12.2. The standard InChI is InChI=1S/C11H13N5/c12-3-10-14-2-1-11(15-10)16-6-8-4-13-5-9(8)7-16/h1-2,8-9,13H,4-7H2/t8-,9+. The number of rotatable bonds is 1. The van der Waals surface area contributed by atoms with E-state index < -0.39 is 0 Å². The molecule has 0 aliphatic carbocycles. The lowest BCUT2D eigenvalue weighted by molar-refractivity contribution is 0.533. The van der Waals surface area contributed by atoms with Gasteiger partial charge in [-0.1, -0.05) is 0 Å². The van der Waals surface area contributed by atoms with Crippen LogP contribution in [0.1, 0.15) is 5.82 Å². The number of aromatic nitrogens is 2. The molecule has 82 valence electrons. The molecule has 16 heavy (non-hydrogen) atoms. The Morgan fingerprint density at radius 2 is 2.12 bits per heavy atom. The first-order valence-electron chi connectivity index (χ1n) is 5.55. The van der Waals surface area contributed by atoms with Crippen LogP contribution in [0.25, 0.3) is 0 Å². The molecule has 2 aliphatic heterocycles. The van der Waals surface area contributed by atoms with Gasteiger partial charge in [-0.15, -0.1) is 0 Å². The van der Waals surface area contributed by atoms with E-state index in [1.165, 1.54) is 0 Å². The fourth-order valence-electron chi connectivity index (χ4n) is 2.62. The highest BCUT2D eigenvalue weighted by atomic mass is 15.2. The molecule has 0 radical (unpaired) electrons. The maximum atomic E-state index is 8.76. The van der Waals surface area contributed by atoms with Gasteiger partial charge in [-0.25, -0.2) is 9.97 Å². The van der Waals surface area contributed by atoms with Crippen molar-refractivity contribution in [3.63, 3.8) is 0 Å². The summed E-state index contributed by atoms with van der Waals surface area (Å²) in [7, 11) is 0. The molecule has 1 aromatic heterocycles. The summed E-state index contributed by atoms with van der Waals surface area (Å²) in [5.41, 5.74) is 0. The minimum atomic E-state index is 0.257. The first kappa shape index (κ1) is 9.55. The third-order valence-corrected chi connectivity index (χ3v) is 3.45. The molecule has 0 saturated carbocycles. The Labute approximate surface area is 94.1 Å². The Kier molecular flexibility index (Phi) is 2.22. The lowest BCUT2D eigenvalue weighted by atomic mass is 10.0. The van der Waals surface area contributed by atoms with E-state index in [4.69, 9.17) is 5.26 Å². The largest absolute Gasteiger partial charge is 0.356 e. The summed E-state index contributed by atoms with van der Waals surface area (Å²) in [6, 6.07) is 3.86. The molecule has 2 saturated heterocycles. The topological polar surface area (TPSA) is 64.8 Å². The van der Waals surface area contributed by atoms with Crippen LogP contribution in [0.2, 0.25) is 0 Å². The number of hydrogen-bond acceptors (Lipinski definition) is 5. The minimum Gasteiger partial charge on any atom is -0.356 e. The predicted molar refractivity (Wildman–Crippen MR) is 58.8 cm³/mol. The van der Waals surface area contributed by atoms with Crippen molar-refractivity contribution in [3.8, 4) is 6.07 Å². The SMILES string of the molecule is N#Cc1nccc(N2C[C@H]3CNC[C@H]3C2)n1. The number of hydrogen-bond donors (Lipinski definition) is 1. The molecule has 1 N–H and O–H groups in total. The van der Waals surface area contributed by atoms with Crippen LogP contribution >= 0.6 is 0 Å². The molecule has 0 amide bonds. The van der Waals surface area contributed by atoms with Gasteiger partial charge in [0, 0.05) is 32.4 Å². The Morgan fingerprint density at radius 3 is 2.81 bits per heavy atom. The molecule has 5 heteroatoms. The first-order valence-corrected chi connectivity index (χ1v) is 5.55. The van der Waals surface area contributed by atoms with Crippen molar-refractivity contribution >= 4 is 5.82 Å². The number of fused-ring (bicyclic) bond motifs is 1. The second-order valence-corrected chi connectivity index (χ2v) is 4.43. The Balaban J connectivity index is 1.81. The molecule has 5 nitrogen and oxygen atoms in total. The molecule has 0 bridgehead atoms. The molecule has 2 aliphatic rings. The van der Waals surface area contributed by atoms with Gasteiger partial charge < -0.3 is 10.2 Å². The molecule has 0 spiro atoms. The van der Waals surface area contributed by atoms with Crippen molar-refractivity contribution in [2.45, 2.75) is 0 Å². The average molecular weight is 215 g/mol. The van der Waals surface area contributed by atoms with Gasteiger partial charge >= 0.3 is 0 Å².